The lowest BCUT2D eigenvalue weighted by molar-refractivity contribution is 0.0942. The van der Waals surface area contributed by atoms with Gasteiger partial charge >= 0.3 is 5.69 Å². The van der Waals surface area contributed by atoms with Gasteiger partial charge in [0.2, 0.25) is 0 Å². The van der Waals surface area contributed by atoms with Gasteiger partial charge in [0.15, 0.2) is 0 Å². The van der Waals surface area contributed by atoms with Gasteiger partial charge in [0.05, 0.1) is 13.1 Å². The van der Waals surface area contributed by atoms with Crippen LogP contribution in [0.15, 0.2) is 58.8 Å². The molecule has 0 atom stereocenters. The molecule has 2 heterocycles. The smallest absolute Gasteiger partial charge is 0.326 e. The summed E-state index contributed by atoms with van der Waals surface area (Å²) in [4.78, 5) is 27.8. The molecule has 0 bridgehead atoms. The van der Waals surface area contributed by atoms with E-state index in [0.29, 0.717) is 18.8 Å². The van der Waals surface area contributed by atoms with Crippen molar-refractivity contribution in [3.63, 3.8) is 0 Å². The van der Waals surface area contributed by atoms with E-state index < -0.39 is 0 Å². The maximum atomic E-state index is 12.3. The van der Waals surface area contributed by atoms with Gasteiger partial charge in [-0.25, -0.2) is 4.79 Å². The number of thiophene rings is 1. The minimum Gasteiger partial charge on any atom is -0.346 e. The van der Waals surface area contributed by atoms with Crippen LogP contribution in [0.1, 0.15) is 20.9 Å². The normalized spacial score (nSPS) is 10.5. The van der Waals surface area contributed by atoms with Crippen LogP contribution in [0.5, 0.6) is 0 Å². The standard InChI is InChI=1S/C16H15N3O2S/c20-15(17-9-13-7-4-8-22-13)14-10-18-16(21)19(14)11-12-5-2-1-3-6-12/h1-8,10H,9,11H2,(H,17,20)(H,18,21). The summed E-state index contributed by atoms with van der Waals surface area (Å²) in [6.07, 6.45) is 1.45. The van der Waals surface area contributed by atoms with Crippen molar-refractivity contribution < 1.29 is 4.79 Å². The van der Waals surface area contributed by atoms with E-state index in [2.05, 4.69) is 10.3 Å². The maximum absolute atomic E-state index is 12.3. The summed E-state index contributed by atoms with van der Waals surface area (Å²) >= 11 is 1.58. The van der Waals surface area contributed by atoms with Crippen molar-refractivity contribution in [2.45, 2.75) is 13.1 Å². The SMILES string of the molecule is O=C(NCc1cccs1)c1c[nH]c(=O)n1Cc1ccccc1. The molecule has 2 aromatic heterocycles. The molecule has 0 aliphatic heterocycles. The van der Waals surface area contributed by atoms with Crippen molar-refractivity contribution in [2.24, 2.45) is 0 Å². The zero-order valence-corrected chi connectivity index (χ0v) is 12.6. The Morgan fingerprint density at radius 2 is 2.00 bits per heavy atom. The number of aromatic nitrogens is 2. The van der Waals surface area contributed by atoms with Crippen LogP contribution in [0.2, 0.25) is 0 Å². The molecule has 0 spiro atoms. The predicted molar refractivity (Wildman–Crippen MR) is 86.1 cm³/mol. The van der Waals surface area contributed by atoms with Gasteiger partial charge in [0, 0.05) is 11.1 Å². The van der Waals surface area contributed by atoms with Crippen molar-refractivity contribution in [3.05, 3.63) is 80.7 Å². The molecule has 0 aliphatic rings. The molecular formula is C16H15N3O2S. The van der Waals surface area contributed by atoms with Gasteiger partial charge in [-0.2, -0.15) is 0 Å². The van der Waals surface area contributed by atoms with Crippen molar-refractivity contribution in [1.82, 2.24) is 14.9 Å². The second-order valence-corrected chi connectivity index (χ2v) is 5.85. The highest BCUT2D eigenvalue weighted by atomic mass is 32.1. The molecule has 5 nitrogen and oxygen atoms in total. The number of imidazole rings is 1. The van der Waals surface area contributed by atoms with E-state index in [1.807, 2.05) is 47.8 Å². The van der Waals surface area contributed by atoms with Crippen LogP contribution in [0.4, 0.5) is 0 Å². The van der Waals surface area contributed by atoms with Gasteiger partial charge in [-0.3, -0.25) is 9.36 Å². The van der Waals surface area contributed by atoms with Gasteiger partial charge < -0.3 is 10.3 Å². The average molecular weight is 313 g/mol. The highest BCUT2D eigenvalue weighted by Gasteiger charge is 2.14. The fourth-order valence-electron chi connectivity index (χ4n) is 2.18. The predicted octanol–water partition coefficient (Wildman–Crippen LogP) is 2.22. The van der Waals surface area contributed by atoms with Crippen LogP contribution < -0.4 is 11.0 Å². The quantitative estimate of drug-likeness (QED) is 0.758. The fourth-order valence-corrected chi connectivity index (χ4v) is 2.82. The van der Waals surface area contributed by atoms with Gasteiger partial charge in [-0.15, -0.1) is 11.3 Å². The number of carbonyl (C=O) groups excluding carboxylic acids is 1. The molecule has 0 saturated heterocycles. The Morgan fingerprint density at radius 1 is 1.18 bits per heavy atom. The number of benzene rings is 1. The maximum Gasteiger partial charge on any atom is 0.326 e. The Balaban J connectivity index is 1.76. The molecule has 3 rings (SSSR count). The first-order valence-corrected chi connectivity index (χ1v) is 7.75. The molecule has 1 aromatic carbocycles. The van der Waals surface area contributed by atoms with E-state index in [9.17, 15) is 9.59 Å². The third-order valence-electron chi connectivity index (χ3n) is 3.29. The van der Waals surface area contributed by atoms with E-state index >= 15 is 0 Å². The second kappa shape index (κ2) is 6.44. The number of rotatable bonds is 5. The molecule has 1 amide bonds. The topological polar surface area (TPSA) is 66.9 Å². The van der Waals surface area contributed by atoms with E-state index in [1.165, 1.54) is 10.8 Å². The first-order chi connectivity index (χ1) is 10.7. The number of nitrogens with zero attached hydrogens (tertiary/aromatic N) is 1. The van der Waals surface area contributed by atoms with Crippen molar-refractivity contribution in [1.29, 1.82) is 0 Å². The van der Waals surface area contributed by atoms with E-state index in [-0.39, 0.29) is 11.6 Å². The summed E-state index contributed by atoms with van der Waals surface area (Å²) in [5.74, 6) is -0.261. The van der Waals surface area contributed by atoms with E-state index in [4.69, 9.17) is 0 Å². The Hall–Kier alpha value is -2.60. The summed E-state index contributed by atoms with van der Waals surface area (Å²) in [5.41, 5.74) is 1.02. The number of H-pyrrole nitrogens is 1. The first-order valence-electron chi connectivity index (χ1n) is 6.87. The van der Waals surface area contributed by atoms with Crippen molar-refractivity contribution >= 4 is 17.2 Å². The van der Waals surface area contributed by atoms with E-state index in [0.717, 1.165) is 10.4 Å². The molecule has 0 radical (unpaired) electrons. The molecule has 0 aliphatic carbocycles. The molecule has 0 unspecified atom stereocenters. The fraction of sp³-hybridized carbons (Fsp3) is 0.125. The van der Waals surface area contributed by atoms with Gasteiger partial charge in [0.1, 0.15) is 5.69 Å². The van der Waals surface area contributed by atoms with Gasteiger partial charge in [-0.05, 0) is 17.0 Å². The largest absolute Gasteiger partial charge is 0.346 e. The van der Waals surface area contributed by atoms with Crippen LogP contribution in [0.3, 0.4) is 0 Å². The van der Waals surface area contributed by atoms with Gasteiger partial charge in [-0.1, -0.05) is 36.4 Å². The second-order valence-electron chi connectivity index (χ2n) is 4.81. The minimum atomic E-state index is -0.287. The summed E-state index contributed by atoms with van der Waals surface area (Å²) in [6.45, 7) is 0.826. The monoisotopic (exact) mass is 313 g/mol. The number of aromatic amines is 1. The molecular weight excluding hydrogens is 298 g/mol. The van der Waals surface area contributed by atoms with Gasteiger partial charge in [0.25, 0.3) is 5.91 Å². The Morgan fingerprint density at radius 3 is 2.73 bits per heavy atom. The third-order valence-corrected chi connectivity index (χ3v) is 4.16. The zero-order valence-electron chi connectivity index (χ0n) is 11.8. The highest BCUT2D eigenvalue weighted by Crippen LogP contribution is 2.08. The lowest BCUT2D eigenvalue weighted by atomic mass is 10.2. The average Bonchev–Trinajstić information content (AvgIpc) is 3.17. The molecule has 112 valence electrons. The van der Waals surface area contributed by atoms with Crippen LogP contribution in [-0.4, -0.2) is 15.5 Å². The Labute approximate surface area is 131 Å². The molecule has 22 heavy (non-hydrogen) atoms. The summed E-state index contributed by atoms with van der Waals surface area (Å²) in [5, 5.41) is 4.79. The van der Waals surface area contributed by atoms with Crippen LogP contribution in [-0.2, 0) is 13.1 Å². The number of carbonyl (C=O) groups is 1. The lowest BCUT2D eigenvalue weighted by Crippen LogP contribution is -2.28. The first kappa shape index (κ1) is 14.3. The molecule has 6 heteroatoms. The number of hydrogen-bond acceptors (Lipinski definition) is 3. The zero-order chi connectivity index (χ0) is 15.4. The number of nitrogens with one attached hydrogen (secondary N) is 2. The van der Waals surface area contributed by atoms with Crippen LogP contribution >= 0.6 is 11.3 Å². The summed E-state index contributed by atoms with van der Waals surface area (Å²) in [7, 11) is 0. The van der Waals surface area contributed by atoms with Crippen molar-refractivity contribution in [3.8, 4) is 0 Å². The summed E-state index contributed by atoms with van der Waals surface area (Å²) in [6, 6.07) is 13.5. The van der Waals surface area contributed by atoms with Crippen molar-refractivity contribution in [2.75, 3.05) is 0 Å². The molecule has 0 fully saturated rings. The summed E-state index contributed by atoms with van der Waals surface area (Å²) < 4.78 is 1.44. The number of hydrogen-bond donors (Lipinski definition) is 2. The van der Waals surface area contributed by atoms with Crippen LogP contribution in [0, 0.1) is 0 Å². The van der Waals surface area contributed by atoms with E-state index in [1.54, 1.807) is 11.3 Å². The lowest BCUT2D eigenvalue weighted by Gasteiger charge is -2.08. The number of amides is 1. The molecule has 0 saturated carbocycles. The Bertz CT molecular complexity index is 804. The highest BCUT2D eigenvalue weighted by molar-refractivity contribution is 7.09. The molecule has 3 aromatic rings. The van der Waals surface area contributed by atoms with Crippen LogP contribution in [0.25, 0.3) is 0 Å². The molecule has 2 N–H and O–H groups in total. The minimum absolute atomic E-state index is 0.261. The third kappa shape index (κ3) is 3.17. The Kier molecular flexibility index (Phi) is 4.20.